The average Bonchev–Trinajstić information content (AvgIpc) is 2.86. The van der Waals surface area contributed by atoms with Crippen LogP contribution in [0, 0.1) is 5.92 Å². The lowest BCUT2D eigenvalue weighted by molar-refractivity contribution is -0.128. The zero-order valence-corrected chi connectivity index (χ0v) is 13.6. The molecule has 2 rings (SSSR count). The van der Waals surface area contributed by atoms with Crippen LogP contribution in [0.3, 0.4) is 0 Å². The molecule has 0 unspecified atom stereocenters. The van der Waals surface area contributed by atoms with Crippen LogP contribution in [0.4, 0.5) is 11.4 Å². The van der Waals surface area contributed by atoms with Crippen molar-refractivity contribution in [3.05, 3.63) is 24.3 Å². The van der Waals surface area contributed by atoms with Gasteiger partial charge >= 0.3 is 0 Å². The molecular weight excluding hydrogens is 294 g/mol. The lowest BCUT2D eigenvalue weighted by atomic mass is 10.1. The molecule has 0 bridgehead atoms. The fraction of sp³-hybridized carbons (Fsp3) is 0.471. The van der Waals surface area contributed by atoms with E-state index in [-0.39, 0.29) is 30.1 Å². The Bertz CT molecular complexity index is 601. The number of unbranched alkanes of at least 4 members (excludes halogenated alkanes) is 1. The fourth-order valence-corrected chi connectivity index (χ4v) is 2.64. The maximum absolute atomic E-state index is 12.3. The van der Waals surface area contributed by atoms with E-state index in [0.29, 0.717) is 17.9 Å². The van der Waals surface area contributed by atoms with Crippen LogP contribution in [0.25, 0.3) is 0 Å². The molecule has 1 aromatic carbocycles. The quantitative estimate of drug-likeness (QED) is 0.844. The van der Waals surface area contributed by atoms with Gasteiger partial charge in [0.15, 0.2) is 0 Å². The van der Waals surface area contributed by atoms with E-state index in [1.807, 2.05) is 0 Å². The first kappa shape index (κ1) is 17.0. The van der Waals surface area contributed by atoms with Gasteiger partial charge < -0.3 is 15.5 Å². The molecule has 1 heterocycles. The summed E-state index contributed by atoms with van der Waals surface area (Å²) in [6.07, 6.45) is 2.25. The van der Waals surface area contributed by atoms with Crippen LogP contribution in [-0.2, 0) is 14.4 Å². The highest BCUT2D eigenvalue weighted by Gasteiger charge is 2.33. The number of hydrogen-bond acceptors (Lipinski definition) is 3. The van der Waals surface area contributed by atoms with Gasteiger partial charge in [-0.05, 0) is 24.6 Å². The van der Waals surface area contributed by atoms with E-state index < -0.39 is 0 Å². The van der Waals surface area contributed by atoms with Crippen molar-refractivity contribution in [3.63, 3.8) is 0 Å². The highest BCUT2D eigenvalue weighted by atomic mass is 16.2. The zero-order chi connectivity index (χ0) is 16.8. The number of rotatable bonds is 6. The van der Waals surface area contributed by atoms with E-state index in [2.05, 4.69) is 17.6 Å². The first-order valence-electron chi connectivity index (χ1n) is 7.96. The molecule has 0 radical (unpaired) electrons. The average molecular weight is 317 g/mol. The summed E-state index contributed by atoms with van der Waals surface area (Å²) < 4.78 is 0. The fourth-order valence-electron chi connectivity index (χ4n) is 2.64. The van der Waals surface area contributed by atoms with Crippen molar-refractivity contribution in [2.45, 2.75) is 33.1 Å². The summed E-state index contributed by atoms with van der Waals surface area (Å²) >= 11 is 0. The Labute approximate surface area is 136 Å². The van der Waals surface area contributed by atoms with Gasteiger partial charge in [0, 0.05) is 37.8 Å². The number of benzene rings is 1. The second-order valence-corrected chi connectivity index (χ2v) is 5.85. The molecular formula is C17H23N3O3. The topological polar surface area (TPSA) is 78.5 Å². The normalized spacial score (nSPS) is 17.2. The molecule has 124 valence electrons. The lowest BCUT2D eigenvalue weighted by Gasteiger charge is -2.16. The number of amides is 3. The van der Waals surface area contributed by atoms with Crippen LogP contribution < -0.4 is 10.6 Å². The Morgan fingerprint density at radius 2 is 1.96 bits per heavy atom. The zero-order valence-electron chi connectivity index (χ0n) is 13.6. The molecule has 3 amide bonds. The number of carbonyl (C=O) groups is 3. The Morgan fingerprint density at radius 3 is 2.61 bits per heavy atom. The minimum Gasteiger partial charge on any atom is -0.342 e. The maximum atomic E-state index is 12.3. The largest absolute Gasteiger partial charge is 0.342 e. The van der Waals surface area contributed by atoms with Crippen molar-refractivity contribution in [3.8, 4) is 0 Å². The van der Waals surface area contributed by atoms with Crippen LogP contribution in [-0.4, -0.2) is 35.7 Å². The third-order valence-electron chi connectivity index (χ3n) is 3.82. The van der Waals surface area contributed by atoms with Gasteiger partial charge in [0.2, 0.25) is 17.7 Å². The molecule has 6 nitrogen and oxygen atoms in total. The van der Waals surface area contributed by atoms with Crippen molar-refractivity contribution in [2.75, 3.05) is 23.7 Å². The molecule has 0 spiro atoms. The predicted molar refractivity (Wildman–Crippen MR) is 89.0 cm³/mol. The van der Waals surface area contributed by atoms with Gasteiger partial charge in [-0.3, -0.25) is 14.4 Å². The van der Waals surface area contributed by atoms with E-state index in [4.69, 9.17) is 0 Å². The molecule has 1 saturated heterocycles. The summed E-state index contributed by atoms with van der Waals surface area (Å²) in [5, 5.41) is 5.50. The van der Waals surface area contributed by atoms with Gasteiger partial charge in [0.05, 0.1) is 5.92 Å². The van der Waals surface area contributed by atoms with Crippen LogP contribution in [0.2, 0.25) is 0 Å². The lowest BCUT2D eigenvalue weighted by Crippen LogP contribution is -2.29. The maximum Gasteiger partial charge on any atom is 0.229 e. The Hall–Kier alpha value is -2.37. The first-order valence-corrected chi connectivity index (χ1v) is 7.96. The Morgan fingerprint density at radius 1 is 1.26 bits per heavy atom. The molecule has 6 heteroatoms. The van der Waals surface area contributed by atoms with Crippen molar-refractivity contribution >= 4 is 29.1 Å². The second-order valence-electron chi connectivity index (χ2n) is 5.85. The molecule has 0 saturated carbocycles. The van der Waals surface area contributed by atoms with Crippen molar-refractivity contribution in [1.29, 1.82) is 0 Å². The predicted octanol–water partition coefficient (Wildman–Crippen LogP) is 2.23. The van der Waals surface area contributed by atoms with Crippen molar-refractivity contribution in [1.82, 2.24) is 4.90 Å². The molecule has 1 aliphatic rings. The number of carbonyl (C=O) groups excluding carboxylic acids is 3. The molecule has 23 heavy (non-hydrogen) atoms. The molecule has 0 aliphatic carbocycles. The van der Waals surface area contributed by atoms with Gasteiger partial charge in [0.1, 0.15) is 0 Å². The van der Waals surface area contributed by atoms with E-state index in [1.165, 1.54) is 6.92 Å². The third-order valence-corrected chi connectivity index (χ3v) is 3.82. The minimum absolute atomic E-state index is 0.0468. The number of nitrogens with one attached hydrogen (secondary N) is 2. The number of nitrogens with zero attached hydrogens (tertiary/aromatic N) is 1. The smallest absolute Gasteiger partial charge is 0.229 e. The second kappa shape index (κ2) is 7.76. The van der Waals surface area contributed by atoms with Crippen LogP contribution in [0.15, 0.2) is 24.3 Å². The summed E-state index contributed by atoms with van der Waals surface area (Å²) in [6.45, 7) is 4.71. The monoisotopic (exact) mass is 317 g/mol. The Balaban J connectivity index is 1.94. The van der Waals surface area contributed by atoms with Crippen molar-refractivity contribution < 1.29 is 14.4 Å². The van der Waals surface area contributed by atoms with Gasteiger partial charge in [-0.2, -0.15) is 0 Å². The summed E-state index contributed by atoms with van der Waals surface area (Å²) in [5.74, 6) is -0.590. The molecule has 1 atom stereocenters. The van der Waals surface area contributed by atoms with Crippen LogP contribution >= 0.6 is 0 Å². The van der Waals surface area contributed by atoms with E-state index in [1.54, 1.807) is 29.2 Å². The molecule has 1 fully saturated rings. The molecule has 2 N–H and O–H groups in total. The number of anilines is 2. The SMILES string of the molecule is CCCCN1C[C@@H](C(=O)Nc2cccc(NC(C)=O)c2)CC1=O. The van der Waals surface area contributed by atoms with Gasteiger partial charge in [-0.1, -0.05) is 19.4 Å². The van der Waals surface area contributed by atoms with E-state index in [0.717, 1.165) is 19.4 Å². The first-order chi connectivity index (χ1) is 11.0. The summed E-state index contributed by atoms with van der Waals surface area (Å²) in [5.41, 5.74) is 1.24. The third kappa shape index (κ3) is 4.81. The molecule has 1 aromatic rings. The van der Waals surface area contributed by atoms with Gasteiger partial charge in [-0.25, -0.2) is 0 Å². The summed E-state index contributed by atoms with van der Waals surface area (Å²) in [7, 11) is 0. The highest BCUT2D eigenvalue weighted by Crippen LogP contribution is 2.21. The van der Waals surface area contributed by atoms with Crippen LogP contribution in [0.5, 0.6) is 0 Å². The molecule has 0 aromatic heterocycles. The number of likely N-dealkylation sites (tertiary alicyclic amines) is 1. The highest BCUT2D eigenvalue weighted by molar-refractivity contribution is 5.98. The van der Waals surface area contributed by atoms with Crippen LogP contribution in [0.1, 0.15) is 33.1 Å². The van der Waals surface area contributed by atoms with Gasteiger partial charge in [-0.15, -0.1) is 0 Å². The minimum atomic E-state index is -0.316. The summed E-state index contributed by atoms with van der Waals surface area (Å²) in [6, 6.07) is 6.97. The molecule has 1 aliphatic heterocycles. The summed E-state index contributed by atoms with van der Waals surface area (Å²) in [4.78, 5) is 37.1. The van der Waals surface area contributed by atoms with E-state index >= 15 is 0 Å². The standard InChI is InChI=1S/C17H23N3O3/c1-3-4-8-20-11-13(9-16(20)22)17(23)19-15-7-5-6-14(10-15)18-12(2)21/h5-7,10,13H,3-4,8-9,11H2,1-2H3,(H,18,21)(H,19,23)/t13-/m0/s1. The van der Waals surface area contributed by atoms with Crippen molar-refractivity contribution in [2.24, 2.45) is 5.92 Å². The number of hydrogen-bond donors (Lipinski definition) is 2. The van der Waals surface area contributed by atoms with E-state index in [9.17, 15) is 14.4 Å². The Kier molecular flexibility index (Phi) is 5.73. The van der Waals surface area contributed by atoms with Gasteiger partial charge in [0.25, 0.3) is 0 Å².